The third kappa shape index (κ3) is 4.26. The predicted octanol–water partition coefficient (Wildman–Crippen LogP) is 5.28. The number of benzene rings is 2. The van der Waals surface area contributed by atoms with E-state index in [-0.39, 0.29) is 23.3 Å². The van der Waals surface area contributed by atoms with Crippen LogP contribution in [0.15, 0.2) is 53.1 Å². The highest BCUT2D eigenvalue weighted by Gasteiger charge is 2.17. The molecule has 2 heterocycles. The van der Waals surface area contributed by atoms with Gasteiger partial charge in [-0.2, -0.15) is 0 Å². The van der Waals surface area contributed by atoms with E-state index in [0.717, 1.165) is 17.5 Å². The molecule has 0 bridgehead atoms. The van der Waals surface area contributed by atoms with Crippen LogP contribution in [0.4, 0.5) is 10.1 Å². The van der Waals surface area contributed by atoms with Crippen LogP contribution in [-0.2, 0) is 17.6 Å². The SMILES string of the molecule is CC(C)(C)Cc1nc2cc(CC(=O)Nc3ccnc4c(F)cccc34)ccc2o1. The van der Waals surface area contributed by atoms with Crippen molar-refractivity contribution in [1.29, 1.82) is 0 Å². The van der Waals surface area contributed by atoms with E-state index in [9.17, 15) is 9.18 Å². The van der Waals surface area contributed by atoms with E-state index in [4.69, 9.17) is 4.42 Å². The molecule has 4 aromatic rings. The normalized spacial score (nSPS) is 11.9. The fourth-order valence-corrected chi connectivity index (χ4v) is 3.29. The second kappa shape index (κ2) is 7.28. The number of carbonyl (C=O) groups is 1. The van der Waals surface area contributed by atoms with E-state index >= 15 is 0 Å². The van der Waals surface area contributed by atoms with Crippen molar-refractivity contribution in [1.82, 2.24) is 9.97 Å². The summed E-state index contributed by atoms with van der Waals surface area (Å²) in [5.74, 6) is 0.0834. The molecule has 1 amide bonds. The van der Waals surface area contributed by atoms with Gasteiger partial charge in [0.15, 0.2) is 11.5 Å². The maximum Gasteiger partial charge on any atom is 0.228 e. The topological polar surface area (TPSA) is 68.0 Å². The third-order valence-electron chi connectivity index (χ3n) is 4.54. The van der Waals surface area contributed by atoms with Gasteiger partial charge in [-0.1, -0.05) is 39.0 Å². The van der Waals surface area contributed by atoms with Crippen molar-refractivity contribution in [3.05, 3.63) is 65.9 Å². The zero-order valence-electron chi connectivity index (χ0n) is 16.6. The van der Waals surface area contributed by atoms with Gasteiger partial charge in [0, 0.05) is 18.0 Å². The molecule has 0 radical (unpaired) electrons. The monoisotopic (exact) mass is 391 g/mol. The molecule has 0 spiro atoms. The fraction of sp³-hybridized carbons (Fsp3) is 0.261. The Labute approximate surface area is 168 Å². The van der Waals surface area contributed by atoms with Crippen molar-refractivity contribution >= 4 is 33.6 Å². The number of oxazole rings is 1. The molecule has 0 unspecified atom stereocenters. The number of hydrogen-bond acceptors (Lipinski definition) is 4. The van der Waals surface area contributed by atoms with Crippen molar-refractivity contribution in [3.8, 4) is 0 Å². The number of fused-ring (bicyclic) bond motifs is 2. The van der Waals surface area contributed by atoms with Crippen molar-refractivity contribution in [2.24, 2.45) is 5.41 Å². The highest BCUT2D eigenvalue weighted by molar-refractivity contribution is 6.01. The Morgan fingerprint density at radius 1 is 1.17 bits per heavy atom. The molecule has 29 heavy (non-hydrogen) atoms. The summed E-state index contributed by atoms with van der Waals surface area (Å²) in [5.41, 5.74) is 3.14. The van der Waals surface area contributed by atoms with E-state index in [1.54, 1.807) is 18.2 Å². The number of nitrogens with one attached hydrogen (secondary N) is 1. The molecule has 148 valence electrons. The van der Waals surface area contributed by atoms with Crippen LogP contribution < -0.4 is 5.32 Å². The molecule has 4 rings (SSSR count). The molecule has 5 nitrogen and oxygen atoms in total. The number of pyridine rings is 1. The average molecular weight is 391 g/mol. The number of nitrogens with zero attached hydrogens (tertiary/aromatic N) is 2. The van der Waals surface area contributed by atoms with Crippen molar-refractivity contribution in [2.75, 3.05) is 5.32 Å². The third-order valence-corrected chi connectivity index (χ3v) is 4.54. The molecular weight excluding hydrogens is 369 g/mol. The molecule has 0 saturated carbocycles. The van der Waals surface area contributed by atoms with Gasteiger partial charge >= 0.3 is 0 Å². The van der Waals surface area contributed by atoms with E-state index in [2.05, 4.69) is 36.1 Å². The van der Waals surface area contributed by atoms with Crippen LogP contribution >= 0.6 is 0 Å². The summed E-state index contributed by atoms with van der Waals surface area (Å²) in [7, 11) is 0. The fourth-order valence-electron chi connectivity index (χ4n) is 3.29. The summed E-state index contributed by atoms with van der Waals surface area (Å²) < 4.78 is 19.7. The summed E-state index contributed by atoms with van der Waals surface area (Å²) in [6.45, 7) is 6.39. The van der Waals surface area contributed by atoms with Crippen LogP contribution in [0.5, 0.6) is 0 Å². The molecule has 6 heteroatoms. The van der Waals surface area contributed by atoms with Gasteiger partial charge in [0.2, 0.25) is 5.91 Å². The largest absolute Gasteiger partial charge is 0.441 e. The number of hydrogen-bond donors (Lipinski definition) is 1. The first-order chi connectivity index (χ1) is 13.8. The molecule has 0 atom stereocenters. The Morgan fingerprint density at radius 3 is 2.79 bits per heavy atom. The summed E-state index contributed by atoms with van der Waals surface area (Å²) in [4.78, 5) is 21.2. The molecule has 2 aromatic carbocycles. The minimum atomic E-state index is -0.416. The van der Waals surface area contributed by atoms with Crippen LogP contribution in [0.1, 0.15) is 32.2 Å². The maximum atomic E-state index is 13.9. The first kappa shape index (κ1) is 19.1. The van der Waals surface area contributed by atoms with Crippen LogP contribution in [0.3, 0.4) is 0 Å². The smallest absolute Gasteiger partial charge is 0.228 e. The van der Waals surface area contributed by atoms with Gasteiger partial charge < -0.3 is 9.73 Å². The van der Waals surface area contributed by atoms with Crippen molar-refractivity contribution in [2.45, 2.75) is 33.6 Å². The molecule has 0 aliphatic heterocycles. The molecule has 0 fully saturated rings. The number of carbonyl (C=O) groups excluding carboxylic acids is 1. The van der Waals surface area contributed by atoms with Gasteiger partial charge in [0.25, 0.3) is 0 Å². The second-order valence-electron chi connectivity index (χ2n) is 8.37. The molecule has 0 aliphatic rings. The van der Waals surface area contributed by atoms with E-state index in [1.807, 2.05) is 18.2 Å². The van der Waals surface area contributed by atoms with Gasteiger partial charge in [-0.05, 0) is 35.2 Å². The summed E-state index contributed by atoms with van der Waals surface area (Å²) in [5, 5.41) is 3.42. The first-order valence-corrected chi connectivity index (χ1v) is 9.50. The lowest BCUT2D eigenvalue weighted by atomic mass is 9.92. The molecular formula is C23H22FN3O2. The van der Waals surface area contributed by atoms with Crippen LogP contribution in [0.25, 0.3) is 22.0 Å². The van der Waals surface area contributed by atoms with Crippen molar-refractivity contribution < 1.29 is 13.6 Å². The first-order valence-electron chi connectivity index (χ1n) is 9.50. The lowest BCUT2D eigenvalue weighted by molar-refractivity contribution is -0.115. The highest BCUT2D eigenvalue weighted by Crippen LogP contribution is 2.25. The Bertz CT molecular complexity index is 1210. The van der Waals surface area contributed by atoms with Crippen LogP contribution in [0, 0.1) is 11.2 Å². The highest BCUT2D eigenvalue weighted by atomic mass is 19.1. The Kier molecular flexibility index (Phi) is 4.78. The number of halogens is 1. The minimum Gasteiger partial charge on any atom is -0.441 e. The van der Waals surface area contributed by atoms with Crippen LogP contribution in [0.2, 0.25) is 0 Å². The van der Waals surface area contributed by atoms with E-state index in [1.165, 1.54) is 12.3 Å². The Morgan fingerprint density at radius 2 is 2.00 bits per heavy atom. The zero-order valence-corrected chi connectivity index (χ0v) is 16.6. The van der Waals surface area contributed by atoms with Crippen LogP contribution in [-0.4, -0.2) is 15.9 Å². The predicted molar refractivity (Wildman–Crippen MR) is 111 cm³/mol. The van der Waals surface area contributed by atoms with Gasteiger partial charge in [-0.15, -0.1) is 0 Å². The second-order valence-corrected chi connectivity index (χ2v) is 8.37. The zero-order chi connectivity index (χ0) is 20.6. The summed E-state index contributed by atoms with van der Waals surface area (Å²) in [6, 6.07) is 11.9. The molecule has 2 aromatic heterocycles. The number of para-hydroxylation sites is 1. The van der Waals surface area contributed by atoms with Gasteiger partial charge in [-0.25, -0.2) is 9.37 Å². The van der Waals surface area contributed by atoms with Gasteiger partial charge in [-0.3, -0.25) is 9.78 Å². The quantitative estimate of drug-likeness (QED) is 0.514. The van der Waals surface area contributed by atoms with Gasteiger partial charge in [0.1, 0.15) is 16.9 Å². The Balaban J connectivity index is 1.53. The number of rotatable bonds is 4. The Hall–Kier alpha value is -3.28. The molecule has 0 aliphatic carbocycles. The summed E-state index contributed by atoms with van der Waals surface area (Å²) in [6.07, 6.45) is 2.40. The van der Waals surface area contributed by atoms with E-state index in [0.29, 0.717) is 22.5 Å². The lowest BCUT2D eigenvalue weighted by Crippen LogP contribution is -2.14. The molecule has 1 N–H and O–H groups in total. The van der Waals surface area contributed by atoms with Crippen molar-refractivity contribution in [3.63, 3.8) is 0 Å². The number of anilines is 1. The lowest BCUT2D eigenvalue weighted by Gasteiger charge is -2.14. The average Bonchev–Trinajstić information content (AvgIpc) is 3.02. The maximum absolute atomic E-state index is 13.9. The number of aromatic nitrogens is 2. The molecule has 0 saturated heterocycles. The summed E-state index contributed by atoms with van der Waals surface area (Å²) >= 11 is 0. The van der Waals surface area contributed by atoms with E-state index < -0.39 is 5.82 Å². The minimum absolute atomic E-state index is 0.0797. The van der Waals surface area contributed by atoms with Gasteiger partial charge in [0.05, 0.1) is 12.1 Å². The number of amides is 1. The standard InChI is InChI=1S/C23H22FN3O2/c1-23(2,3)13-21-27-18-11-14(7-8-19(18)29-21)12-20(28)26-17-9-10-25-22-15(17)5-4-6-16(22)24/h4-11H,12-13H2,1-3H3,(H,25,26,28).